The number of ether oxygens (including phenoxy) is 1. The van der Waals surface area contributed by atoms with Crippen LogP contribution in [0.1, 0.15) is 21.6 Å². The van der Waals surface area contributed by atoms with Crippen LogP contribution in [0.5, 0.6) is 0 Å². The van der Waals surface area contributed by atoms with Gasteiger partial charge in [-0.15, -0.1) is 0 Å². The average molecular weight is 314 g/mol. The summed E-state index contributed by atoms with van der Waals surface area (Å²) < 4.78 is 20.1. The second kappa shape index (κ2) is 5.71. The van der Waals surface area contributed by atoms with E-state index in [2.05, 4.69) is 5.10 Å². The van der Waals surface area contributed by atoms with Gasteiger partial charge < -0.3 is 15.6 Å². The Hall–Kier alpha value is -2.12. The van der Waals surface area contributed by atoms with Crippen LogP contribution in [-0.2, 0) is 11.3 Å². The lowest BCUT2D eigenvalue weighted by Gasteiger charge is -2.09. The number of nitrogen functional groups attached to an aromatic ring is 1. The molecule has 1 heterocycles. The quantitative estimate of drug-likeness (QED) is 0.904. The number of carbonyl (C=O) groups is 1. The van der Waals surface area contributed by atoms with Crippen LogP contribution in [0.25, 0.3) is 5.69 Å². The fraction of sp³-hybridized carbons (Fsp3) is 0.231. The van der Waals surface area contributed by atoms with Crippen molar-refractivity contribution in [3.63, 3.8) is 0 Å². The minimum absolute atomic E-state index is 0.0165. The number of hydrogen-bond acceptors (Lipinski definition) is 4. The van der Waals surface area contributed by atoms with Crippen molar-refractivity contribution in [2.45, 2.75) is 13.5 Å². The predicted octanol–water partition coefficient (Wildman–Crippen LogP) is 2.40. The second-order valence-corrected chi connectivity index (χ2v) is 4.79. The molecule has 21 heavy (non-hydrogen) atoms. The molecular formula is C13H13ClFN3O3. The summed E-state index contributed by atoms with van der Waals surface area (Å²) in [7, 11) is 1.46. The van der Waals surface area contributed by atoms with Gasteiger partial charge in [-0.3, -0.25) is 0 Å². The Bertz CT molecular complexity index is 715. The van der Waals surface area contributed by atoms with E-state index in [0.29, 0.717) is 11.3 Å². The van der Waals surface area contributed by atoms with Crippen molar-refractivity contribution in [3.05, 3.63) is 39.8 Å². The van der Waals surface area contributed by atoms with Crippen molar-refractivity contribution >= 4 is 23.4 Å². The van der Waals surface area contributed by atoms with Crippen LogP contribution in [-0.4, -0.2) is 28.0 Å². The van der Waals surface area contributed by atoms with Crippen LogP contribution in [0.2, 0.25) is 5.02 Å². The van der Waals surface area contributed by atoms with Crippen LogP contribution in [0, 0.1) is 12.7 Å². The standard InChI is InChI=1S/C13H13ClFN3O3/c1-6-3-8(15)10(4-7(6)13(19)20)18-12(16)11(14)9(17-18)5-21-2/h3-4H,5,16H2,1-2H3,(H,19,20). The first-order valence-corrected chi connectivity index (χ1v) is 6.30. The van der Waals surface area contributed by atoms with E-state index in [1.165, 1.54) is 20.1 Å². The first kappa shape index (κ1) is 15.3. The molecule has 2 rings (SSSR count). The number of anilines is 1. The van der Waals surface area contributed by atoms with Gasteiger partial charge in [-0.05, 0) is 24.6 Å². The summed E-state index contributed by atoms with van der Waals surface area (Å²) in [5.41, 5.74) is 6.32. The highest BCUT2D eigenvalue weighted by atomic mass is 35.5. The number of benzene rings is 1. The highest BCUT2D eigenvalue weighted by Gasteiger charge is 2.20. The van der Waals surface area contributed by atoms with Gasteiger partial charge in [0.15, 0.2) is 0 Å². The first-order chi connectivity index (χ1) is 9.86. The van der Waals surface area contributed by atoms with E-state index in [4.69, 9.17) is 27.2 Å². The minimum Gasteiger partial charge on any atom is -0.478 e. The van der Waals surface area contributed by atoms with Crippen molar-refractivity contribution in [3.8, 4) is 5.69 Å². The monoisotopic (exact) mass is 313 g/mol. The molecule has 1 aromatic heterocycles. The molecule has 0 radical (unpaired) electrons. The van der Waals surface area contributed by atoms with Crippen molar-refractivity contribution in [2.24, 2.45) is 0 Å². The van der Waals surface area contributed by atoms with Gasteiger partial charge >= 0.3 is 5.97 Å². The zero-order chi connectivity index (χ0) is 15.7. The van der Waals surface area contributed by atoms with Gasteiger partial charge in [-0.1, -0.05) is 11.6 Å². The summed E-state index contributed by atoms with van der Waals surface area (Å²) >= 11 is 6.00. The molecule has 0 unspecified atom stereocenters. The lowest BCUT2D eigenvalue weighted by Crippen LogP contribution is -2.08. The largest absolute Gasteiger partial charge is 0.478 e. The molecule has 0 bridgehead atoms. The fourth-order valence-corrected chi connectivity index (χ4v) is 2.10. The van der Waals surface area contributed by atoms with Crippen LogP contribution in [0.4, 0.5) is 10.2 Å². The number of aromatic nitrogens is 2. The third kappa shape index (κ3) is 2.70. The van der Waals surface area contributed by atoms with Gasteiger partial charge in [-0.2, -0.15) is 5.10 Å². The molecule has 1 aromatic carbocycles. The Morgan fingerprint density at radius 2 is 2.24 bits per heavy atom. The normalized spacial score (nSPS) is 10.9. The first-order valence-electron chi connectivity index (χ1n) is 5.92. The number of aromatic carboxylic acids is 1. The molecule has 0 aliphatic carbocycles. The maximum atomic E-state index is 14.1. The Morgan fingerprint density at radius 3 is 2.81 bits per heavy atom. The molecule has 8 heteroatoms. The number of rotatable bonds is 4. The van der Waals surface area contributed by atoms with E-state index in [-0.39, 0.29) is 28.7 Å². The smallest absolute Gasteiger partial charge is 0.336 e. The molecule has 112 valence electrons. The highest BCUT2D eigenvalue weighted by Crippen LogP contribution is 2.28. The molecule has 0 amide bonds. The molecule has 0 atom stereocenters. The highest BCUT2D eigenvalue weighted by molar-refractivity contribution is 6.33. The van der Waals surface area contributed by atoms with Crippen molar-refractivity contribution in [1.82, 2.24) is 9.78 Å². The van der Waals surface area contributed by atoms with Gasteiger partial charge in [-0.25, -0.2) is 13.9 Å². The summed E-state index contributed by atoms with van der Waals surface area (Å²) in [6, 6.07) is 2.28. The topological polar surface area (TPSA) is 90.4 Å². The summed E-state index contributed by atoms with van der Waals surface area (Å²) in [4.78, 5) is 11.1. The third-order valence-electron chi connectivity index (χ3n) is 2.96. The predicted molar refractivity (Wildman–Crippen MR) is 75.4 cm³/mol. The zero-order valence-corrected chi connectivity index (χ0v) is 12.1. The Balaban J connectivity index is 2.64. The third-order valence-corrected chi connectivity index (χ3v) is 3.37. The molecule has 0 aliphatic rings. The molecular weight excluding hydrogens is 301 g/mol. The molecule has 0 saturated heterocycles. The summed E-state index contributed by atoms with van der Waals surface area (Å²) in [6.45, 7) is 1.61. The zero-order valence-electron chi connectivity index (χ0n) is 11.4. The number of aryl methyl sites for hydroxylation is 1. The number of nitrogens with two attached hydrogens (primary N) is 1. The average Bonchev–Trinajstić information content (AvgIpc) is 2.67. The molecule has 0 aliphatic heterocycles. The van der Waals surface area contributed by atoms with Crippen LogP contribution in [0.15, 0.2) is 12.1 Å². The molecule has 0 saturated carbocycles. The minimum atomic E-state index is -1.16. The Labute approximate surface area is 124 Å². The molecule has 3 N–H and O–H groups in total. The summed E-state index contributed by atoms with van der Waals surface area (Å²) in [5, 5.41) is 13.3. The van der Waals surface area contributed by atoms with Crippen molar-refractivity contribution in [2.75, 3.05) is 12.8 Å². The van der Waals surface area contributed by atoms with Gasteiger partial charge in [0.05, 0.1) is 12.2 Å². The van der Waals surface area contributed by atoms with Crippen LogP contribution in [0.3, 0.4) is 0 Å². The number of methoxy groups -OCH3 is 1. The lowest BCUT2D eigenvalue weighted by atomic mass is 10.1. The number of carboxylic acids is 1. The van der Waals surface area contributed by atoms with E-state index in [0.717, 1.165) is 10.7 Å². The van der Waals surface area contributed by atoms with Gasteiger partial charge in [0, 0.05) is 7.11 Å². The van der Waals surface area contributed by atoms with E-state index in [1.807, 2.05) is 0 Å². The van der Waals surface area contributed by atoms with Crippen LogP contribution >= 0.6 is 11.6 Å². The summed E-state index contributed by atoms with van der Waals surface area (Å²) in [5.74, 6) is -1.79. The number of carboxylic acid groups (broad SMARTS) is 1. The van der Waals surface area contributed by atoms with Crippen molar-refractivity contribution in [1.29, 1.82) is 0 Å². The fourth-order valence-electron chi connectivity index (χ4n) is 1.93. The Morgan fingerprint density at radius 1 is 1.57 bits per heavy atom. The van der Waals surface area contributed by atoms with E-state index in [9.17, 15) is 9.18 Å². The lowest BCUT2D eigenvalue weighted by molar-refractivity contribution is 0.0696. The number of hydrogen-bond donors (Lipinski definition) is 2. The SMILES string of the molecule is COCc1nn(-c2cc(C(=O)O)c(C)cc2F)c(N)c1Cl. The van der Waals surface area contributed by atoms with E-state index >= 15 is 0 Å². The molecule has 2 aromatic rings. The van der Waals surface area contributed by atoms with Crippen LogP contribution < -0.4 is 5.73 Å². The van der Waals surface area contributed by atoms with E-state index in [1.54, 1.807) is 0 Å². The maximum absolute atomic E-state index is 14.1. The summed E-state index contributed by atoms with van der Waals surface area (Å²) in [6.07, 6.45) is 0. The van der Waals surface area contributed by atoms with Gasteiger partial charge in [0.1, 0.15) is 28.0 Å². The van der Waals surface area contributed by atoms with E-state index < -0.39 is 11.8 Å². The van der Waals surface area contributed by atoms with Gasteiger partial charge in [0.2, 0.25) is 0 Å². The molecule has 6 nitrogen and oxygen atoms in total. The Kier molecular flexibility index (Phi) is 4.15. The number of halogens is 2. The maximum Gasteiger partial charge on any atom is 0.336 e. The van der Waals surface area contributed by atoms with Crippen molar-refractivity contribution < 1.29 is 19.0 Å². The number of nitrogens with zero attached hydrogens (tertiary/aromatic N) is 2. The molecule has 0 fully saturated rings. The van der Waals surface area contributed by atoms with Gasteiger partial charge in [0.25, 0.3) is 0 Å². The molecule has 0 spiro atoms. The second-order valence-electron chi connectivity index (χ2n) is 4.41.